The molecule has 3 aromatic rings. The summed E-state index contributed by atoms with van der Waals surface area (Å²) in [6.07, 6.45) is 3.70. The third kappa shape index (κ3) is 4.43. The fourth-order valence-corrected chi connectivity index (χ4v) is 4.64. The van der Waals surface area contributed by atoms with Crippen LogP contribution in [0.5, 0.6) is 0 Å². The summed E-state index contributed by atoms with van der Waals surface area (Å²) < 4.78 is 5.95. The van der Waals surface area contributed by atoms with E-state index in [0.29, 0.717) is 5.92 Å². The van der Waals surface area contributed by atoms with Crippen molar-refractivity contribution in [3.8, 4) is 22.3 Å². The van der Waals surface area contributed by atoms with Gasteiger partial charge in [0.1, 0.15) is 0 Å². The molecule has 3 heteroatoms. The number of ether oxygens (including phenoxy) is 1. The summed E-state index contributed by atoms with van der Waals surface area (Å²) in [7, 11) is 6.14. The zero-order chi connectivity index (χ0) is 21.1. The average Bonchev–Trinajstić information content (AvgIpc) is 2.77. The second-order valence-corrected chi connectivity index (χ2v) is 8.66. The Morgan fingerprint density at radius 1 is 0.900 bits per heavy atom. The van der Waals surface area contributed by atoms with Gasteiger partial charge in [-0.3, -0.25) is 0 Å². The number of rotatable bonds is 6. The molecule has 0 aliphatic heterocycles. The van der Waals surface area contributed by atoms with Crippen LogP contribution in [0.15, 0.2) is 66.7 Å². The predicted molar refractivity (Wildman–Crippen MR) is 126 cm³/mol. The van der Waals surface area contributed by atoms with Crippen LogP contribution in [-0.2, 0) is 11.2 Å². The van der Waals surface area contributed by atoms with Crippen molar-refractivity contribution in [2.75, 3.05) is 33.5 Å². The topological polar surface area (TPSA) is 38.5 Å². The molecule has 0 saturated carbocycles. The molecule has 0 aromatic heterocycles. The molecule has 0 amide bonds. The zero-order valence-electron chi connectivity index (χ0n) is 18.3. The molecule has 0 bridgehead atoms. The van der Waals surface area contributed by atoms with Crippen molar-refractivity contribution in [3.63, 3.8) is 0 Å². The first-order valence-electron chi connectivity index (χ1n) is 10.8. The molecule has 156 valence electrons. The highest BCUT2D eigenvalue weighted by atomic mass is 16.5. The number of fused-ring (bicyclic) bond motifs is 1. The summed E-state index contributed by atoms with van der Waals surface area (Å²) in [6.45, 7) is 1.11. The van der Waals surface area contributed by atoms with Gasteiger partial charge in [-0.25, -0.2) is 0 Å². The fourth-order valence-electron chi connectivity index (χ4n) is 4.64. The first-order chi connectivity index (χ1) is 14.5. The van der Waals surface area contributed by atoms with E-state index in [1.54, 1.807) is 0 Å². The molecule has 1 aliphatic carbocycles. The van der Waals surface area contributed by atoms with Crippen molar-refractivity contribution in [2.45, 2.75) is 25.4 Å². The quantitative estimate of drug-likeness (QED) is 0.531. The smallest absolute Gasteiger partial charge is 0.0852 e. The van der Waals surface area contributed by atoms with Crippen LogP contribution >= 0.6 is 0 Å². The maximum absolute atomic E-state index is 5.95. The molecule has 4 rings (SSSR count). The summed E-state index contributed by atoms with van der Waals surface area (Å²) in [5, 5.41) is 0. The Kier molecular flexibility index (Phi) is 6.21. The second kappa shape index (κ2) is 9.03. The van der Waals surface area contributed by atoms with Crippen LogP contribution in [0, 0.1) is 5.92 Å². The Bertz CT molecular complexity index is 994. The highest BCUT2D eigenvalue weighted by Gasteiger charge is 2.29. The SMILES string of the molecule is COC1c2ccc(-c3ccc(-c4cccc(N)c4)cc3)cc2CCC1CCN(C)C. The lowest BCUT2D eigenvalue weighted by molar-refractivity contribution is 0.0343. The number of hydrogen-bond acceptors (Lipinski definition) is 3. The minimum atomic E-state index is 0.202. The van der Waals surface area contributed by atoms with Gasteiger partial charge in [0.05, 0.1) is 6.10 Å². The molecular weight excluding hydrogens is 368 g/mol. The summed E-state index contributed by atoms with van der Waals surface area (Å²) in [4.78, 5) is 2.26. The first-order valence-corrected chi connectivity index (χ1v) is 10.8. The molecule has 0 spiro atoms. The standard InChI is InChI=1S/C27H32N2O/c1-29(2)16-15-21-11-12-24-17-23(13-14-26(24)27(21)30-3)20-9-7-19(8-10-20)22-5-4-6-25(28)18-22/h4-10,13-14,17-18,21,27H,11-12,15-16,28H2,1-3H3. The second-order valence-electron chi connectivity index (χ2n) is 8.66. The normalized spacial score (nSPS) is 18.4. The molecular formula is C27H32N2O. The van der Waals surface area contributed by atoms with Gasteiger partial charge in [0, 0.05) is 12.8 Å². The van der Waals surface area contributed by atoms with Gasteiger partial charge in [0.2, 0.25) is 0 Å². The van der Waals surface area contributed by atoms with Gasteiger partial charge >= 0.3 is 0 Å². The highest BCUT2D eigenvalue weighted by molar-refractivity contribution is 5.72. The van der Waals surface area contributed by atoms with Gasteiger partial charge in [-0.1, -0.05) is 54.6 Å². The third-order valence-corrected chi connectivity index (χ3v) is 6.30. The summed E-state index contributed by atoms with van der Waals surface area (Å²) in [5.41, 5.74) is 14.4. The first kappa shape index (κ1) is 20.6. The van der Waals surface area contributed by atoms with E-state index in [9.17, 15) is 0 Å². The summed E-state index contributed by atoms with van der Waals surface area (Å²) in [5.74, 6) is 0.591. The van der Waals surface area contributed by atoms with Crippen LogP contribution < -0.4 is 5.73 Å². The van der Waals surface area contributed by atoms with E-state index >= 15 is 0 Å². The minimum absolute atomic E-state index is 0.202. The van der Waals surface area contributed by atoms with Crippen molar-refractivity contribution in [3.05, 3.63) is 77.9 Å². The maximum atomic E-state index is 5.95. The van der Waals surface area contributed by atoms with Gasteiger partial charge in [0.15, 0.2) is 0 Å². The number of nitrogens with two attached hydrogens (primary N) is 1. The fraction of sp³-hybridized carbons (Fsp3) is 0.333. The summed E-state index contributed by atoms with van der Waals surface area (Å²) >= 11 is 0. The number of nitrogen functional groups attached to an aromatic ring is 1. The van der Waals surface area contributed by atoms with Crippen molar-refractivity contribution in [1.29, 1.82) is 0 Å². The summed E-state index contributed by atoms with van der Waals surface area (Å²) in [6, 6.07) is 23.7. The Morgan fingerprint density at radius 3 is 2.20 bits per heavy atom. The molecule has 3 aromatic carbocycles. The lowest BCUT2D eigenvalue weighted by Crippen LogP contribution is -2.26. The molecule has 1 aliphatic rings. The van der Waals surface area contributed by atoms with Crippen molar-refractivity contribution in [1.82, 2.24) is 4.90 Å². The average molecular weight is 401 g/mol. The van der Waals surface area contributed by atoms with Crippen LogP contribution in [0.25, 0.3) is 22.3 Å². The van der Waals surface area contributed by atoms with Crippen LogP contribution in [0.1, 0.15) is 30.1 Å². The lowest BCUT2D eigenvalue weighted by Gasteiger charge is -2.33. The molecule has 2 N–H and O–H groups in total. The number of aryl methyl sites for hydroxylation is 1. The molecule has 0 fully saturated rings. The van der Waals surface area contributed by atoms with Gasteiger partial charge in [-0.05, 0) is 91.3 Å². The van der Waals surface area contributed by atoms with Gasteiger partial charge in [-0.2, -0.15) is 0 Å². The van der Waals surface area contributed by atoms with E-state index in [1.807, 2.05) is 25.3 Å². The van der Waals surface area contributed by atoms with E-state index in [2.05, 4.69) is 67.5 Å². The molecule has 2 unspecified atom stereocenters. The number of hydrogen-bond donors (Lipinski definition) is 1. The van der Waals surface area contributed by atoms with E-state index < -0.39 is 0 Å². The number of anilines is 1. The number of methoxy groups -OCH3 is 1. The Morgan fingerprint density at radius 2 is 1.57 bits per heavy atom. The lowest BCUT2D eigenvalue weighted by atomic mass is 9.78. The number of nitrogens with zero attached hydrogens (tertiary/aromatic N) is 1. The molecule has 3 nitrogen and oxygen atoms in total. The highest BCUT2D eigenvalue weighted by Crippen LogP contribution is 2.40. The van der Waals surface area contributed by atoms with Gasteiger partial charge < -0.3 is 15.4 Å². The Labute approximate surface area is 180 Å². The monoisotopic (exact) mass is 400 g/mol. The molecule has 2 atom stereocenters. The van der Waals surface area contributed by atoms with Crippen molar-refractivity contribution < 1.29 is 4.74 Å². The van der Waals surface area contributed by atoms with E-state index in [1.165, 1.54) is 40.7 Å². The molecule has 30 heavy (non-hydrogen) atoms. The molecule has 0 saturated heterocycles. The number of benzene rings is 3. The zero-order valence-corrected chi connectivity index (χ0v) is 18.3. The Hall–Kier alpha value is -2.62. The van der Waals surface area contributed by atoms with Crippen LogP contribution in [0.4, 0.5) is 5.69 Å². The van der Waals surface area contributed by atoms with Crippen molar-refractivity contribution in [2.24, 2.45) is 5.92 Å². The van der Waals surface area contributed by atoms with Crippen LogP contribution in [0.3, 0.4) is 0 Å². The van der Waals surface area contributed by atoms with Crippen LogP contribution in [0.2, 0.25) is 0 Å². The van der Waals surface area contributed by atoms with E-state index in [-0.39, 0.29) is 6.10 Å². The Balaban J connectivity index is 1.56. The largest absolute Gasteiger partial charge is 0.399 e. The van der Waals surface area contributed by atoms with E-state index in [4.69, 9.17) is 10.5 Å². The molecule has 0 radical (unpaired) electrons. The van der Waals surface area contributed by atoms with E-state index in [0.717, 1.165) is 24.2 Å². The van der Waals surface area contributed by atoms with Crippen molar-refractivity contribution >= 4 is 5.69 Å². The minimum Gasteiger partial charge on any atom is -0.399 e. The third-order valence-electron chi connectivity index (χ3n) is 6.30. The molecule has 0 heterocycles. The maximum Gasteiger partial charge on any atom is 0.0852 e. The van der Waals surface area contributed by atoms with Crippen LogP contribution in [-0.4, -0.2) is 32.6 Å². The predicted octanol–water partition coefficient (Wildman–Crippen LogP) is 5.80. The van der Waals surface area contributed by atoms with Gasteiger partial charge in [-0.15, -0.1) is 0 Å². The van der Waals surface area contributed by atoms with Gasteiger partial charge in [0.25, 0.3) is 0 Å².